The average molecular weight is 496 g/mol. The SMILES string of the molecule is O=C(NCCN1CC[C@H](F)C1)c1c(=O)c2ccc(N3CCOCC3)nc2n2c1sc1ccccc12. The predicted octanol–water partition coefficient (Wildman–Crippen LogP) is 2.67. The quantitative estimate of drug-likeness (QED) is 0.459. The summed E-state index contributed by atoms with van der Waals surface area (Å²) in [7, 11) is 0. The fourth-order valence-electron chi connectivity index (χ4n) is 4.95. The van der Waals surface area contributed by atoms with E-state index < -0.39 is 12.1 Å². The van der Waals surface area contributed by atoms with E-state index in [2.05, 4.69) is 10.2 Å². The van der Waals surface area contributed by atoms with E-state index in [0.717, 1.165) is 29.1 Å². The Hall–Kier alpha value is -3.08. The summed E-state index contributed by atoms with van der Waals surface area (Å²) in [5.41, 5.74) is 1.26. The Bertz CT molecular complexity index is 1480. The van der Waals surface area contributed by atoms with Crippen LogP contribution in [0.1, 0.15) is 16.8 Å². The summed E-state index contributed by atoms with van der Waals surface area (Å²) in [5, 5.41) is 3.30. The van der Waals surface area contributed by atoms with Crippen LogP contribution in [0.3, 0.4) is 0 Å². The summed E-state index contributed by atoms with van der Waals surface area (Å²) in [6.07, 6.45) is -0.272. The highest BCUT2D eigenvalue weighted by atomic mass is 32.1. The molecule has 8 nitrogen and oxygen atoms in total. The number of thiazole rings is 1. The number of pyridine rings is 2. The van der Waals surface area contributed by atoms with E-state index in [1.807, 2.05) is 39.6 Å². The molecule has 5 heterocycles. The first-order valence-electron chi connectivity index (χ1n) is 11.9. The molecule has 182 valence electrons. The van der Waals surface area contributed by atoms with Crippen molar-refractivity contribution in [1.82, 2.24) is 19.6 Å². The van der Waals surface area contributed by atoms with E-state index in [0.29, 0.717) is 61.7 Å². The fraction of sp³-hybridized carbons (Fsp3) is 0.400. The highest BCUT2D eigenvalue weighted by Gasteiger charge is 2.25. The van der Waals surface area contributed by atoms with Gasteiger partial charge in [0.05, 0.1) is 28.8 Å². The van der Waals surface area contributed by atoms with Crippen LogP contribution in [0, 0.1) is 0 Å². The molecule has 10 heteroatoms. The monoisotopic (exact) mass is 495 g/mol. The lowest BCUT2D eigenvalue weighted by Crippen LogP contribution is -2.37. The first kappa shape index (κ1) is 22.4. The lowest BCUT2D eigenvalue weighted by molar-refractivity contribution is 0.0950. The van der Waals surface area contributed by atoms with Gasteiger partial charge < -0.3 is 15.0 Å². The predicted molar refractivity (Wildman–Crippen MR) is 136 cm³/mol. The number of nitrogens with one attached hydrogen (secondary N) is 1. The van der Waals surface area contributed by atoms with Gasteiger partial charge in [-0.15, -0.1) is 11.3 Å². The summed E-state index contributed by atoms with van der Waals surface area (Å²) in [6, 6.07) is 11.5. The molecule has 2 fully saturated rings. The maximum atomic E-state index is 13.6. The number of ether oxygens (including phenoxy) is 1. The third-order valence-corrected chi connectivity index (χ3v) is 7.91. The van der Waals surface area contributed by atoms with Crippen LogP contribution in [-0.2, 0) is 4.74 Å². The second-order valence-electron chi connectivity index (χ2n) is 9.00. The third-order valence-electron chi connectivity index (χ3n) is 6.76. The summed E-state index contributed by atoms with van der Waals surface area (Å²) in [5.74, 6) is 0.382. The molecule has 0 aliphatic carbocycles. The minimum absolute atomic E-state index is 0.129. The van der Waals surface area contributed by atoms with Crippen molar-refractivity contribution in [3.8, 4) is 0 Å². The maximum absolute atomic E-state index is 13.6. The molecule has 0 spiro atoms. The van der Waals surface area contributed by atoms with Gasteiger partial charge in [0.2, 0.25) is 5.43 Å². The Balaban J connectivity index is 1.44. The molecule has 3 aromatic heterocycles. The number of benzene rings is 1. The molecule has 1 atom stereocenters. The number of rotatable bonds is 5. The second kappa shape index (κ2) is 9.18. The molecule has 1 N–H and O–H groups in total. The topological polar surface area (TPSA) is 79.2 Å². The zero-order chi connectivity index (χ0) is 23.9. The number of hydrogen-bond donors (Lipinski definition) is 1. The highest BCUT2D eigenvalue weighted by Crippen LogP contribution is 2.31. The minimum Gasteiger partial charge on any atom is -0.378 e. The summed E-state index contributed by atoms with van der Waals surface area (Å²) >= 11 is 1.41. The number of alkyl halides is 1. The lowest BCUT2D eigenvalue weighted by atomic mass is 10.1. The van der Waals surface area contributed by atoms with Crippen LogP contribution in [0.2, 0.25) is 0 Å². The van der Waals surface area contributed by atoms with Gasteiger partial charge in [-0.25, -0.2) is 9.37 Å². The summed E-state index contributed by atoms with van der Waals surface area (Å²) < 4.78 is 21.8. The lowest BCUT2D eigenvalue weighted by Gasteiger charge is -2.28. The molecule has 0 radical (unpaired) electrons. The smallest absolute Gasteiger partial charge is 0.258 e. The molecular weight excluding hydrogens is 469 g/mol. The van der Waals surface area contributed by atoms with Gasteiger partial charge in [0, 0.05) is 39.3 Å². The van der Waals surface area contributed by atoms with Crippen molar-refractivity contribution in [3.05, 3.63) is 52.2 Å². The van der Waals surface area contributed by atoms with Crippen molar-refractivity contribution in [1.29, 1.82) is 0 Å². The van der Waals surface area contributed by atoms with Crippen LogP contribution in [0.5, 0.6) is 0 Å². The van der Waals surface area contributed by atoms with Gasteiger partial charge >= 0.3 is 0 Å². The number of carbonyl (C=O) groups excluding carboxylic acids is 1. The number of para-hydroxylation sites is 1. The standard InChI is InChI=1S/C25H26FN5O3S/c26-16-7-9-29(15-16)10-8-27-24(33)21-22(32)17-5-6-20(30-11-13-34-14-12-30)28-23(17)31-18-3-1-2-4-19(18)35-25(21)31/h1-6,16H,7-15H2,(H,27,33)/t16-/m0/s1. The van der Waals surface area contributed by atoms with Gasteiger partial charge in [-0.3, -0.25) is 18.9 Å². The molecule has 0 bridgehead atoms. The van der Waals surface area contributed by atoms with Gasteiger partial charge in [0.15, 0.2) is 5.65 Å². The zero-order valence-corrected chi connectivity index (χ0v) is 20.0. The number of aromatic nitrogens is 2. The van der Waals surface area contributed by atoms with Gasteiger partial charge in [-0.05, 0) is 30.7 Å². The van der Waals surface area contributed by atoms with Crippen LogP contribution in [0.15, 0.2) is 41.2 Å². The summed E-state index contributed by atoms with van der Waals surface area (Å²) in [6.45, 7) is 4.75. The van der Waals surface area contributed by atoms with Crippen molar-refractivity contribution in [2.75, 3.05) is 57.4 Å². The Labute approximate surface area is 204 Å². The third kappa shape index (κ3) is 4.05. The molecule has 35 heavy (non-hydrogen) atoms. The number of carbonyl (C=O) groups is 1. The van der Waals surface area contributed by atoms with E-state index in [-0.39, 0.29) is 11.0 Å². The number of morpholine rings is 1. The maximum Gasteiger partial charge on any atom is 0.258 e. The van der Waals surface area contributed by atoms with Crippen molar-refractivity contribution in [2.45, 2.75) is 12.6 Å². The number of hydrogen-bond acceptors (Lipinski definition) is 7. The number of nitrogens with zero attached hydrogens (tertiary/aromatic N) is 4. The van der Waals surface area contributed by atoms with Crippen LogP contribution in [-0.4, -0.2) is 78.8 Å². The number of halogens is 1. The zero-order valence-electron chi connectivity index (χ0n) is 19.2. The average Bonchev–Trinajstić information content (AvgIpc) is 3.47. The Morgan fingerprint density at radius 3 is 2.80 bits per heavy atom. The van der Waals surface area contributed by atoms with E-state index >= 15 is 0 Å². The number of fused-ring (bicyclic) bond motifs is 5. The van der Waals surface area contributed by atoms with Crippen LogP contribution < -0.4 is 15.6 Å². The van der Waals surface area contributed by atoms with Crippen LogP contribution in [0.25, 0.3) is 26.1 Å². The van der Waals surface area contributed by atoms with Crippen molar-refractivity contribution in [3.63, 3.8) is 0 Å². The van der Waals surface area contributed by atoms with Gasteiger partial charge in [-0.1, -0.05) is 12.1 Å². The normalized spacial score (nSPS) is 19.2. The van der Waals surface area contributed by atoms with E-state index in [1.54, 1.807) is 6.07 Å². The molecule has 1 aromatic carbocycles. The second-order valence-corrected chi connectivity index (χ2v) is 10.0. The number of likely N-dealkylation sites (tertiary alicyclic amines) is 1. The molecule has 4 aromatic rings. The molecule has 2 aliphatic heterocycles. The molecule has 6 rings (SSSR count). The Morgan fingerprint density at radius 2 is 2.00 bits per heavy atom. The highest BCUT2D eigenvalue weighted by molar-refractivity contribution is 7.24. The molecule has 1 amide bonds. The molecule has 2 aliphatic rings. The van der Waals surface area contributed by atoms with E-state index in [4.69, 9.17) is 9.72 Å². The van der Waals surface area contributed by atoms with Crippen molar-refractivity contribution < 1.29 is 13.9 Å². The van der Waals surface area contributed by atoms with Gasteiger partial charge in [0.1, 0.15) is 22.4 Å². The summed E-state index contributed by atoms with van der Waals surface area (Å²) in [4.78, 5) is 36.5. The number of anilines is 1. The molecule has 2 saturated heterocycles. The Morgan fingerprint density at radius 1 is 1.17 bits per heavy atom. The van der Waals surface area contributed by atoms with E-state index in [1.165, 1.54) is 11.3 Å². The minimum atomic E-state index is -0.802. The van der Waals surface area contributed by atoms with Crippen LogP contribution >= 0.6 is 11.3 Å². The molecular formula is C25H26FN5O3S. The largest absolute Gasteiger partial charge is 0.378 e. The van der Waals surface area contributed by atoms with Crippen molar-refractivity contribution in [2.24, 2.45) is 0 Å². The first-order valence-corrected chi connectivity index (χ1v) is 12.8. The van der Waals surface area contributed by atoms with Gasteiger partial charge in [-0.2, -0.15) is 0 Å². The molecule has 0 unspecified atom stereocenters. The van der Waals surface area contributed by atoms with E-state index in [9.17, 15) is 14.0 Å². The Kier molecular flexibility index (Phi) is 5.87. The first-order chi connectivity index (χ1) is 17.1. The van der Waals surface area contributed by atoms with Crippen molar-refractivity contribution >= 4 is 49.1 Å². The van der Waals surface area contributed by atoms with Gasteiger partial charge in [0.25, 0.3) is 5.91 Å². The van der Waals surface area contributed by atoms with Crippen LogP contribution in [0.4, 0.5) is 10.2 Å². The number of amides is 1. The molecule has 0 saturated carbocycles. The fourth-order valence-corrected chi connectivity index (χ4v) is 6.13.